The summed E-state index contributed by atoms with van der Waals surface area (Å²) in [5.74, 6) is 0.00960. The van der Waals surface area contributed by atoms with Crippen LogP contribution in [0.25, 0.3) is 6.08 Å². The molecule has 0 radical (unpaired) electrons. The van der Waals surface area contributed by atoms with Gasteiger partial charge in [0.05, 0.1) is 7.11 Å². The predicted molar refractivity (Wildman–Crippen MR) is 111 cm³/mol. The summed E-state index contributed by atoms with van der Waals surface area (Å²) in [5, 5.41) is 8.61. The van der Waals surface area contributed by atoms with E-state index < -0.39 is 12.1 Å². The van der Waals surface area contributed by atoms with Crippen LogP contribution in [0.2, 0.25) is 0 Å². The van der Waals surface area contributed by atoms with Crippen molar-refractivity contribution in [2.24, 2.45) is 0 Å². The summed E-state index contributed by atoms with van der Waals surface area (Å²) in [6.45, 7) is 2.06. The molecule has 154 valence electrons. The molecule has 0 aliphatic carbocycles. The fourth-order valence-electron chi connectivity index (χ4n) is 3.23. The van der Waals surface area contributed by atoms with Gasteiger partial charge in [-0.25, -0.2) is 4.79 Å². The monoisotopic (exact) mass is 406 g/mol. The van der Waals surface area contributed by atoms with Crippen LogP contribution in [0.1, 0.15) is 18.1 Å². The molecular formula is C23H22N2O5. The lowest BCUT2D eigenvalue weighted by molar-refractivity contribution is -0.149. The minimum Gasteiger partial charge on any atom is -0.493 e. The number of carbonyl (C=O) groups excluding carboxylic acids is 2. The number of anilines is 1. The normalized spacial score (nSPS) is 13.4. The van der Waals surface area contributed by atoms with E-state index in [1.807, 2.05) is 30.3 Å². The number of nitriles is 1. The van der Waals surface area contributed by atoms with Crippen LogP contribution >= 0.6 is 0 Å². The second-order valence-corrected chi connectivity index (χ2v) is 6.64. The molecule has 30 heavy (non-hydrogen) atoms. The first-order valence-electron chi connectivity index (χ1n) is 9.49. The van der Waals surface area contributed by atoms with Gasteiger partial charge in [-0.2, -0.15) is 5.26 Å². The molecular weight excluding hydrogens is 384 g/mol. The van der Waals surface area contributed by atoms with Crippen molar-refractivity contribution in [3.8, 4) is 17.6 Å². The van der Waals surface area contributed by atoms with Crippen LogP contribution in [0.4, 0.5) is 5.69 Å². The maximum absolute atomic E-state index is 12.7. The second-order valence-electron chi connectivity index (χ2n) is 6.64. The maximum atomic E-state index is 12.7. The minimum absolute atomic E-state index is 0.0920. The van der Waals surface area contributed by atoms with Gasteiger partial charge < -0.3 is 19.1 Å². The number of fused-ring (bicyclic) bond motifs is 1. The molecule has 0 saturated carbocycles. The Balaban J connectivity index is 1.60. The van der Waals surface area contributed by atoms with E-state index in [9.17, 15) is 9.59 Å². The number of para-hydroxylation sites is 1. The lowest BCUT2D eigenvalue weighted by Crippen LogP contribution is -2.38. The highest BCUT2D eigenvalue weighted by Crippen LogP contribution is 2.29. The highest BCUT2D eigenvalue weighted by Gasteiger charge is 2.29. The number of amides is 1. The Bertz CT molecular complexity index is 1010. The molecule has 0 spiro atoms. The number of hydrogen-bond donors (Lipinski definition) is 0. The van der Waals surface area contributed by atoms with E-state index in [0.29, 0.717) is 23.6 Å². The van der Waals surface area contributed by atoms with E-state index in [-0.39, 0.29) is 12.5 Å². The van der Waals surface area contributed by atoms with Crippen LogP contribution in [-0.2, 0) is 20.7 Å². The fourth-order valence-corrected chi connectivity index (χ4v) is 3.23. The summed E-state index contributed by atoms with van der Waals surface area (Å²) < 4.78 is 15.8. The van der Waals surface area contributed by atoms with E-state index in [0.717, 1.165) is 17.7 Å². The smallest absolute Gasteiger partial charge is 0.331 e. The van der Waals surface area contributed by atoms with E-state index in [1.54, 1.807) is 36.1 Å². The molecule has 1 atom stereocenters. The lowest BCUT2D eigenvalue weighted by Gasteiger charge is -2.21. The molecule has 2 aromatic rings. The molecule has 1 heterocycles. The number of carbonyl (C=O) groups is 2. The third-order valence-corrected chi connectivity index (χ3v) is 4.69. The van der Waals surface area contributed by atoms with Gasteiger partial charge in [-0.15, -0.1) is 0 Å². The zero-order valence-corrected chi connectivity index (χ0v) is 16.8. The summed E-state index contributed by atoms with van der Waals surface area (Å²) in [6.07, 6.45) is 2.70. The SMILES string of the molecule is COc1cc(/C=C/C(=O)OC(C)C(=O)N2CCc3ccccc32)ccc1OCC#N. The van der Waals surface area contributed by atoms with Gasteiger partial charge in [0.25, 0.3) is 5.91 Å². The van der Waals surface area contributed by atoms with Crippen LogP contribution in [0.5, 0.6) is 11.5 Å². The van der Waals surface area contributed by atoms with Crippen molar-refractivity contribution in [1.29, 1.82) is 5.26 Å². The molecule has 0 fully saturated rings. The standard InChI is InChI=1S/C23H22N2O5/c1-16(23(27)25-13-11-18-5-3-4-6-19(18)25)30-22(26)10-8-17-7-9-20(29-14-12-24)21(15-17)28-2/h3-10,15-16H,11,13-14H2,1-2H3/b10-8+. The molecule has 0 N–H and O–H groups in total. The topological polar surface area (TPSA) is 88.9 Å². The van der Waals surface area contributed by atoms with E-state index in [2.05, 4.69) is 0 Å². The van der Waals surface area contributed by atoms with Gasteiger partial charge in [0, 0.05) is 18.3 Å². The number of ether oxygens (including phenoxy) is 3. The summed E-state index contributed by atoms with van der Waals surface area (Å²) in [4.78, 5) is 26.5. The number of benzene rings is 2. The zero-order chi connectivity index (χ0) is 21.5. The molecule has 3 rings (SSSR count). The molecule has 2 aromatic carbocycles. The van der Waals surface area contributed by atoms with Gasteiger partial charge in [0.2, 0.25) is 0 Å². The maximum Gasteiger partial charge on any atom is 0.331 e. The first-order chi connectivity index (χ1) is 14.5. The van der Waals surface area contributed by atoms with Crippen LogP contribution in [0, 0.1) is 11.3 Å². The zero-order valence-electron chi connectivity index (χ0n) is 16.8. The Labute approximate surface area is 175 Å². The Kier molecular flexibility index (Phi) is 6.71. The first kappa shape index (κ1) is 20.9. The molecule has 1 unspecified atom stereocenters. The van der Waals surface area contributed by atoms with Crippen molar-refractivity contribution in [2.75, 3.05) is 25.2 Å². The summed E-state index contributed by atoms with van der Waals surface area (Å²) in [7, 11) is 1.49. The highest BCUT2D eigenvalue weighted by atomic mass is 16.5. The molecule has 0 saturated heterocycles. The number of hydrogen-bond acceptors (Lipinski definition) is 6. The van der Waals surface area contributed by atoms with Gasteiger partial charge in [-0.05, 0) is 48.7 Å². The molecule has 7 heteroatoms. The molecule has 1 aliphatic rings. The second kappa shape index (κ2) is 9.61. The third kappa shape index (κ3) is 4.78. The number of esters is 1. The van der Waals surface area contributed by atoms with Crippen molar-refractivity contribution >= 4 is 23.6 Å². The van der Waals surface area contributed by atoms with Crippen LogP contribution in [0.3, 0.4) is 0 Å². The van der Waals surface area contributed by atoms with Crippen molar-refractivity contribution in [3.05, 3.63) is 59.7 Å². The molecule has 1 amide bonds. The van der Waals surface area contributed by atoms with E-state index in [4.69, 9.17) is 19.5 Å². The van der Waals surface area contributed by atoms with Crippen LogP contribution in [0.15, 0.2) is 48.5 Å². The van der Waals surface area contributed by atoms with E-state index in [1.165, 1.54) is 13.2 Å². The Morgan fingerprint density at radius 3 is 2.80 bits per heavy atom. The Hall–Kier alpha value is -3.79. The fraction of sp³-hybridized carbons (Fsp3) is 0.261. The molecule has 0 aromatic heterocycles. The average Bonchev–Trinajstić information content (AvgIpc) is 3.20. The molecule has 1 aliphatic heterocycles. The first-order valence-corrected chi connectivity index (χ1v) is 9.49. The quantitative estimate of drug-likeness (QED) is 0.518. The molecule has 7 nitrogen and oxygen atoms in total. The number of methoxy groups -OCH3 is 1. The summed E-state index contributed by atoms with van der Waals surface area (Å²) in [5.41, 5.74) is 2.66. The van der Waals surface area contributed by atoms with Crippen molar-refractivity contribution < 1.29 is 23.8 Å². The van der Waals surface area contributed by atoms with Gasteiger partial charge in [0.1, 0.15) is 6.07 Å². The summed E-state index contributed by atoms with van der Waals surface area (Å²) >= 11 is 0. The molecule has 0 bridgehead atoms. The predicted octanol–water partition coefficient (Wildman–Crippen LogP) is 3.13. The van der Waals surface area contributed by atoms with Crippen molar-refractivity contribution in [3.63, 3.8) is 0 Å². The van der Waals surface area contributed by atoms with Crippen LogP contribution < -0.4 is 14.4 Å². The Morgan fingerprint density at radius 2 is 2.03 bits per heavy atom. The van der Waals surface area contributed by atoms with Crippen molar-refractivity contribution in [1.82, 2.24) is 0 Å². The van der Waals surface area contributed by atoms with E-state index >= 15 is 0 Å². The van der Waals surface area contributed by atoms with Crippen LogP contribution in [-0.4, -0.2) is 38.2 Å². The minimum atomic E-state index is -0.899. The van der Waals surface area contributed by atoms with Gasteiger partial charge >= 0.3 is 5.97 Å². The highest BCUT2D eigenvalue weighted by molar-refractivity contribution is 6.00. The number of rotatable bonds is 7. The van der Waals surface area contributed by atoms with Gasteiger partial charge in [0.15, 0.2) is 24.2 Å². The number of nitrogens with zero attached hydrogens (tertiary/aromatic N) is 2. The summed E-state index contributed by atoms with van der Waals surface area (Å²) in [6, 6.07) is 14.6. The van der Waals surface area contributed by atoms with Gasteiger partial charge in [-0.3, -0.25) is 4.79 Å². The van der Waals surface area contributed by atoms with Crippen molar-refractivity contribution in [2.45, 2.75) is 19.4 Å². The Morgan fingerprint density at radius 1 is 1.23 bits per heavy atom. The largest absolute Gasteiger partial charge is 0.493 e. The average molecular weight is 406 g/mol. The lowest BCUT2D eigenvalue weighted by atomic mass is 10.2. The third-order valence-electron chi connectivity index (χ3n) is 4.69. The van der Waals surface area contributed by atoms with Gasteiger partial charge in [-0.1, -0.05) is 24.3 Å².